The Morgan fingerprint density at radius 2 is 2.00 bits per heavy atom. The molecular formula is C20H24N6O. The summed E-state index contributed by atoms with van der Waals surface area (Å²) in [5.74, 6) is 1.31. The fraction of sp³-hybridized carbons (Fsp3) is 0.350. The fourth-order valence-corrected chi connectivity index (χ4v) is 3.53. The number of pyridine rings is 1. The van der Waals surface area contributed by atoms with Gasteiger partial charge in [-0.15, -0.1) is 0 Å². The lowest BCUT2D eigenvalue weighted by Gasteiger charge is -2.14. The van der Waals surface area contributed by atoms with Gasteiger partial charge in [-0.3, -0.25) is 10.4 Å². The van der Waals surface area contributed by atoms with Gasteiger partial charge in [-0.2, -0.15) is 5.10 Å². The van der Waals surface area contributed by atoms with Crippen molar-refractivity contribution >= 4 is 28.6 Å². The zero-order chi connectivity index (χ0) is 18.6. The summed E-state index contributed by atoms with van der Waals surface area (Å²) in [5.41, 5.74) is 1.89. The molecule has 1 unspecified atom stereocenters. The molecule has 2 heterocycles. The molecule has 0 saturated heterocycles. The Bertz CT molecular complexity index is 917. The molecule has 0 bridgehead atoms. The molecule has 4 rings (SSSR count). The first-order chi connectivity index (χ1) is 13.2. The van der Waals surface area contributed by atoms with Crippen molar-refractivity contribution in [1.82, 2.24) is 20.5 Å². The van der Waals surface area contributed by atoms with Gasteiger partial charge in [0.2, 0.25) is 0 Å². The highest BCUT2D eigenvalue weighted by Crippen LogP contribution is 2.26. The minimum Gasteiger partial charge on any atom is -0.365 e. The fourth-order valence-electron chi connectivity index (χ4n) is 3.53. The second-order valence-corrected chi connectivity index (χ2v) is 7.04. The lowest BCUT2D eigenvalue weighted by molar-refractivity contribution is 0.249. The van der Waals surface area contributed by atoms with E-state index < -0.39 is 0 Å². The van der Waals surface area contributed by atoms with Crippen molar-refractivity contribution in [2.45, 2.75) is 44.7 Å². The van der Waals surface area contributed by atoms with Gasteiger partial charge >= 0.3 is 6.03 Å². The number of H-pyrrole nitrogens is 1. The molecule has 7 heteroatoms. The van der Waals surface area contributed by atoms with Gasteiger partial charge in [-0.1, -0.05) is 43.2 Å². The molecule has 2 aromatic heterocycles. The number of nitrogens with one attached hydrogen (secondary N) is 4. The molecule has 1 fully saturated rings. The SMILES string of the molecule is CC(NC(=O)Nc1cc2[nH]nc(NC3CCCC3)c2cn1)c1ccccc1. The Hall–Kier alpha value is -3.09. The summed E-state index contributed by atoms with van der Waals surface area (Å²) in [6.07, 6.45) is 6.64. The van der Waals surface area contributed by atoms with Crippen LogP contribution in [0.15, 0.2) is 42.6 Å². The van der Waals surface area contributed by atoms with Crippen molar-refractivity contribution in [2.75, 3.05) is 10.6 Å². The number of fused-ring (bicyclic) bond motifs is 1. The number of urea groups is 1. The number of hydrogen-bond donors (Lipinski definition) is 4. The van der Waals surface area contributed by atoms with E-state index in [9.17, 15) is 4.79 Å². The summed E-state index contributed by atoms with van der Waals surface area (Å²) in [6.45, 7) is 1.95. The molecule has 2 amide bonds. The van der Waals surface area contributed by atoms with Gasteiger partial charge in [-0.05, 0) is 25.3 Å². The van der Waals surface area contributed by atoms with E-state index >= 15 is 0 Å². The van der Waals surface area contributed by atoms with Gasteiger partial charge in [0.05, 0.1) is 16.9 Å². The van der Waals surface area contributed by atoms with E-state index in [1.807, 2.05) is 37.3 Å². The Balaban J connectivity index is 1.41. The molecule has 1 aliphatic rings. The normalized spacial score (nSPS) is 15.6. The summed E-state index contributed by atoms with van der Waals surface area (Å²) >= 11 is 0. The largest absolute Gasteiger partial charge is 0.365 e. The zero-order valence-electron chi connectivity index (χ0n) is 15.3. The van der Waals surface area contributed by atoms with Gasteiger partial charge < -0.3 is 10.6 Å². The molecule has 0 radical (unpaired) electrons. The van der Waals surface area contributed by atoms with Crippen molar-refractivity contribution in [3.8, 4) is 0 Å². The molecule has 1 saturated carbocycles. The lowest BCUT2D eigenvalue weighted by Crippen LogP contribution is -2.31. The van der Waals surface area contributed by atoms with E-state index in [0.717, 1.165) is 22.3 Å². The average Bonchev–Trinajstić information content (AvgIpc) is 3.33. The third kappa shape index (κ3) is 4.02. The molecule has 1 atom stereocenters. The summed E-state index contributed by atoms with van der Waals surface area (Å²) in [6, 6.07) is 11.7. The van der Waals surface area contributed by atoms with E-state index in [2.05, 4.69) is 31.1 Å². The third-order valence-electron chi connectivity index (χ3n) is 5.03. The standard InChI is InChI=1S/C20H24N6O/c1-13(14-7-3-2-4-8-14)22-20(27)24-18-11-17-16(12-21-18)19(26-25-17)23-15-9-5-6-10-15/h2-4,7-8,11-13,15H,5-6,9-10H2,1H3,(H2,23,25,26)(H2,21,22,24,27). The van der Waals surface area contributed by atoms with Crippen LogP contribution in [0.3, 0.4) is 0 Å². The second kappa shape index (κ2) is 7.65. The summed E-state index contributed by atoms with van der Waals surface area (Å²) < 4.78 is 0. The van der Waals surface area contributed by atoms with Crippen molar-refractivity contribution in [2.24, 2.45) is 0 Å². The van der Waals surface area contributed by atoms with Crippen LogP contribution in [0.2, 0.25) is 0 Å². The van der Waals surface area contributed by atoms with Crippen molar-refractivity contribution in [3.63, 3.8) is 0 Å². The van der Waals surface area contributed by atoms with E-state index in [1.54, 1.807) is 12.3 Å². The highest BCUT2D eigenvalue weighted by Gasteiger charge is 2.17. The quantitative estimate of drug-likeness (QED) is 0.546. The number of rotatable bonds is 5. The predicted octanol–water partition coefficient (Wildman–Crippen LogP) is 4.20. The monoisotopic (exact) mass is 364 g/mol. The molecule has 140 valence electrons. The maximum absolute atomic E-state index is 12.3. The van der Waals surface area contributed by atoms with E-state index in [1.165, 1.54) is 25.7 Å². The van der Waals surface area contributed by atoms with Crippen molar-refractivity contribution < 1.29 is 4.79 Å². The smallest absolute Gasteiger partial charge is 0.320 e. The van der Waals surface area contributed by atoms with Crippen LogP contribution >= 0.6 is 0 Å². The van der Waals surface area contributed by atoms with Gasteiger partial charge in [0.25, 0.3) is 0 Å². The number of benzene rings is 1. The van der Waals surface area contributed by atoms with Crippen LogP contribution in [0.1, 0.15) is 44.2 Å². The minimum absolute atomic E-state index is 0.0932. The summed E-state index contributed by atoms with van der Waals surface area (Å²) in [4.78, 5) is 16.6. The first-order valence-electron chi connectivity index (χ1n) is 9.42. The topological polar surface area (TPSA) is 94.7 Å². The molecule has 0 aliphatic heterocycles. The number of amides is 2. The number of carbonyl (C=O) groups is 1. The number of aromatic nitrogens is 3. The van der Waals surface area contributed by atoms with Crippen molar-refractivity contribution in [3.05, 3.63) is 48.2 Å². The molecule has 1 aromatic carbocycles. The molecule has 0 spiro atoms. The summed E-state index contributed by atoms with van der Waals surface area (Å²) in [5, 5.41) is 17.5. The third-order valence-corrected chi connectivity index (χ3v) is 5.03. The van der Waals surface area contributed by atoms with Crippen molar-refractivity contribution in [1.29, 1.82) is 0 Å². The first kappa shape index (κ1) is 17.3. The van der Waals surface area contributed by atoms with Crippen LogP contribution in [-0.4, -0.2) is 27.3 Å². The van der Waals surface area contributed by atoms with Crippen LogP contribution in [0, 0.1) is 0 Å². The second-order valence-electron chi connectivity index (χ2n) is 7.04. The maximum Gasteiger partial charge on any atom is 0.320 e. The molecule has 7 nitrogen and oxygen atoms in total. The zero-order valence-corrected chi connectivity index (χ0v) is 15.3. The van der Waals surface area contributed by atoms with Gasteiger partial charge in [0.1, 0.15) is 5.82 Å². The molecule has 4 N–H and O–H groups in total. The van der Waals surface area contributed by atoms with Crippen LogP contribution in [0.4, 0.5) is 16.4 Å². The van der Waals surface area contributed by atoms with Crippen LogP contribution in [0.25, 0.3) is 10.9 Å². The van der Waals surface area contributed by atoms with E-state index in [0.29, 0.717) is 11.9 Å². The Morgan fingerprint density at radius 1 is 1.22 bits per heavy atom. The van der Waals surface area contributed by atoms with E-state index in [-0.39, 0.29) is 12.1 Å². The number of nitrogens with zero attached hydrogens (tertiary/aromatic N) is 2. The molecular weight excluding hydrogens is 340 g/mol. The molecule has 1 aliphatic carbocycles. The Labute approximate surface area is 158 Å². The highest BCUT2D eigenvalue weighted by molar-refractivity contribution is 5.94. The van der Waals surface area contributed by atoms with Gasteiger partial charge in [0.15, 0.2) is 5.82 Å². The Kier molecular flexibility index (Phi) is 4.91. The Morgan fingerprint density at radius 3 is 2.78 bits per heavy atom. The molecule has 27 heavy (non-hydrogen) atoms. The summed E-state index contributed by atoms with van der Waals surface area (Å²) in [7, 11) is 0. The van der Waals surface area contributed by atoms with E-state index in [4.69, 9.17) is 0 Å². The van der Waals surface area contributed by atoms with Crippen LogP contribution < -0.4 is 16.0 Å². The van der Waals surface area contributed by atoms with Gasteiger partial charge in [0, 0.05) is 18.3 Å². The number of aromatic amines is 1. The van der Waals surface area contributed by atoms with Crippen LogP contribution in [-0.2, 0) is 0 Å². The lowest BCUT2D eigenvalue weighted by atomic mass is 10.1. The highest BCUT2D eigenvalue weighted by atomic mass is 16.2. The number of hydrogen-bond acceptors (Lipinski definition) is 4. The van der Waals surface area contributed by atoms with Gasteiger partial charge in [-0.25, -0.2) is 9.78 Å². The first-order valence-corrected chi connectivity index (χ1v) is 9.42. The predicted molar refractivity (Wildman–Crippen MR) is 107 cm³/mol. The van der Waals surface area contributed by atoms with Crippen LogP contribution in [0.5, 0.6) is 0 Å². The molecule has 3 aromatic rings. The number of anilines is 2. The minimum atomic E-state index is -0.290. The number of carbonyl (C=O) groups excluding carboxylic acids is 1. The maximum atomic E-state index is 12.3. The average molecular weight is 364 g/mol.